The Morgan fingerprint density at radius 2 is 1.72 bits per heavy atom. The van der Waals surface area contributed by atoms with E-state index in [0.717, 1.165) is 4.90 Å². The predicted molar refractivity (Wildman–Crippen MR) is 105 cm³/mol. The van der Waals surface area contributed by atoms with Crippen molar-refractivity contribution in [3.63, 3.8) is 0 Å². The maximum atomic E-state index is 12.9. The molecular weight excluding hydrogens is 394 g/mol. The molecular formula is C21H18ClN3O4. The van der Waals surface area contributed by atoms with Crippen LogP contribution in [-0.4, -0.2) is 53.1 Å². The van der Waals surface area contributed by atoms with E-state index in [-0.39, 0.29) is 24.8 Å². The average Bonchev–Trinajstić information content (AvgIpc) is 2.96. The van der Waals surface area contributed by atoms with E-state index in [9.17, 15) is 19.2 Å². The highest BCUT2D eigenvalue weighted by molar-refractivity contribution is 6.30. The van der Waals surface area contributed by atoms with E-state index >= 15 is 0 Å². The van der Waals surface area contributed by atoms with E-state index in [1.54, 1.807) is 48.5 Å². The second-order valence-electron chi connectivity index (χ2n) is 6.89. The minimum Gasteiger partial charge on any atom is -0.352 e. The average molecular weight is 412 g/mol. The van der Waals surface area contributed by atoms with Gasteiger partial charge in [-0.2, -0.15) is 0 Å². The molecule has 0 saturated carbocycles. The molecule has 4 amide bonds. The summed E-state index contributed by atoms with van der Waals surface area (Å²) >= 11 is 6.05. The summed E-state index contributed by atoms with van der Waals surface area (Å²) in [6.07, 6.45) is -0.0597. The summed E-state index contributed by atoms with van der Waals surface area (Å²) < 4.78 is 0. The third kappa shape index (κ3) is 3.49. The molecule has 29 heavy (non-hydrogen) atoms. The molecule has 148 valence electrons. The third-order valence-corrected chi connectivity index (χ3v) is 5.36. The molecule has 0 aromatic heterocycles. The highest BCUT2D eigenvalue weighted by Crippen LogP contribution is 2.27. The second-order valence-corrected chi connectivity index (χ2v) is 7.33. The first-order chi connectivity index (χ1) is 14.0. The fraction of sp³-hybridized carbons (Fsp3) is 0.238. The number of nitrogens with one attached hydrogen (secondary N) is 1. The van der Waals surface area contributed by atoms with Crippen molar-refractivity contribution in [1.82, 2.24) is 15.1 Å². The van der Waals surface area contributed by atoms with Gasteiger partial charge in [-0.25, -0.2) is 0 Å². The van der Waals surface area contributed by atoms with Gasteiger partial charge in [-0.3, -0.25) is 24.1 Å². The van der Waals surface area contributed by atoms with Gasteiger partial charge in [-0.05, 0) is 29.8 Å². The number of fused-ring (bicyclic) bond motifs is 1. The molecule has 1 N–H and O–H groups in total. The van der Waals surface area contributed by atoms with Crippen LogP contribution < -0.4 is 5.32 Å². The van der Waals surface area contributed by atoms with Gasteiger partial charge in [-0.15, -0.1) is 0 Å². The maximum Gasteiger partial charge on any atom is 0.261 e. The van der Waals surface area contributed by atoms with Crippen LogP contribution in [0.5, 0.6) is 0 Å². The maximum absolute atomic E-state index is 12.9. The van der Waals surface area contributed by atoms with Gasteiger partial charge < -0.3 is 10.2 Å². The predicted octanol–water partition coefficient (Wildman–Crippen LogP) is 2.03. The van der Waals surface area contributed by atoms with Crippen LogP contribution in [0.1, 0.15) is 38.7 Å². The van der Waals surface area contributed by atoms with Crippen LogP contribution in [0.25, 0.3) is 0 Å². The van der Waals surface area contributed by atoms with E-state index in [1.165, 1.54) is 4.90 Å². The van der Waals surface area contributed by atoms with E-state index in [0.29, 0.717) is 34.8 Å². The number of nitrogens with zero attached hydrogens (tertiary/aromatic N) is 2. The summed E-state index contributed by atoms with van der Waals surface area (Å²) in [5.74, 6) is -1.39. The van der Waals surface area contributed by atoms with Gasteiger partial charge in [0.15, 0.2) is 0 Å². The van der Waals surface area contributed by atoms with Crippen molar-refractivity contribution in [3.05, 3.63) is 70.2 Å². The van der Waals surface area contributed by atoms with E-state index < -0.39 is 17.9 Å². The highest BCUT2D eigenvalue weighted by atomic mass is 35.5. The zero-order valence-corrected chi connectivity index (χ0v) is 16.2. The molecule has 2 aromatic rings. The summed E-state index contributed by atoms with van der Waals surface area (Å²) in [4.78, 5) is 52.9. The van der Waals surface area contributed by atoms with Gasteiger partial charge in [0, 0.05) is 31.1 Å². The molecule has 0 radical (unpaired) electrons. The Labute approximate surface area is 172 Å². The zero-order valence-electron chi connectivity index (χ0n) is 15.4. The quantitative estimate of drug-likeness (QED) is 0.780. The molecule has 1 saturated heterocycles. The molecule has 7 nitrogen and oxygen atoms in total. The highest BCUT2D eigenvalue weighted by Gasteiger charge is 2.37. The minimum absolute atomic E-state index is 0.0361. The molecule has 0 aliphatic carbocycles. The topological polar surface area (TPSA) is 86.8 Å². The largest absolute Gasteiger partial charge is 0.352 e. The van der Waals surface area contributed by atoms with Crippen LogP contribution in [0, 0.1) is 0 Å². The van der Waals surface area contributed by atoms with Crippen LogP contribution in [0.3, 0.4) is 0 Å². The Balaban J connectivity index is 1.49. The first kappa shape index (κ1) is 19.1. The van der Waals surface area contributed by atoms with Crippen molar-refractivity contribution in [3.8, 4) is 0 Å². The molecule has 8 heteroatoms. The van der Waals surface area contributed by atoms with Crippen LogP contribution >= 0.6 is 11.6 Å². The lowest BCUT2D eigenvalue weighted by atomic mass is 10.0. The van der Waals surface area contributed by atoms with Gasteiger partial charge in [-0.1, -0.05) is 35.9 Å². The molecule has 1 atom stereocenters. The van der Waals surface area contributed by atoms with Crippen molar-refractivity contribution in [2.45, 2.75) is 12.5 Å². The summed E-state index contributed by atoms with van der Waals surface area (Å²) in [6.45, 7) is 0.643. The Morgan fingerprint density at radius 1 is 1.03 bits per heavy atom. The van der Waals surface area contributed by atoms with E-state index in [4.69, 9.17) is 11.6 Å². The summed E-state index contributed by atoms with van der Waals surface area (Å²) in [7, 11) is 0. The molecule has 1 fully saturated rings. The van der Waals surface area contributed by atoms with Gasteiger partial charge in [0.1, 0.15) is 6.04 Å². The van der Waals surface area contributed by atoms with E-state index in [1.807, 2.05) is 0 Å². The summed E-state index contributed by atoms with van der Waals surface area (Å²) in [5, 5.41) is 3.24. The number of carbonyl (C=O) groups excluding carboxylic acids is 4. The number of hydrogen-bond donors (Lipinski definition) is 1. The lowest BCUT2D eigenvalue weighted by Gasteiger charge is -2.35. The van der Waals surface area contributed by atoms with Crippen LogP contribution in [0.4, 0.5) is 0 Å². The smallest absolute Gasteiger partial charge is 0.261 e. The normalized spacial score (nSPS) is 18.7. The molecule has 0 bridgehead atoms. The van der Waals surface area contributed by atoms with E-state index in [2.05, 4.69) is 5.32 Å². The fourth-order valence-electron chi connectivity index (χ4n) is 3.74. The number of imide groups is 1. The monoisotopic (exact) mass is 411 g/mol. The zero-order chi connectivity index (χ0) is 20.5. The SMILES string of the molecule is O=C1NCCN(C(=O)CCN2C(=O)c3ccccc3C2=O)C1c1cccc(Cl)c1. The lowest BCUT2D eigenvalue weighted by molar-refractivity contribution is -0.143. The van der Waals surface area contributed by atoms with Crippen molar-refractivity contribution >= 4 is 35.2 Å². The Morgan fingerprint density at radius 3 is 2.38 bits per heavy atom. The molecule has 2 heterocycles. The molecule has 2 aromatic carbocycles. The molecule has 2 aliphatic heterocycles. The second kappa shape index (κ2) is 7.67. The number of rotatable bonds is 4. The molecule has 2 aliphatic rings. The molecule has 1 unspecified atom stereocenters. The fourth-order valence-corrected chi connectivity index (χ4v) is 3.94. The Hall–Kier alpha value is -3.19. The van der Waals surface area contributed by atoms with Crippen molar-refractivity contribution in [2.75, 3.05) is 19.6 Å². The van der Waals surface area contributed by atoms with Crippen molar-refractivity contribution < 1.29 is 19.2 Å². The first-order valence-corrected chi connectivity index (χ1v) is 9.63. The standard InChI is InChI=1S/C21H18ClN3O4/c22-14-5-3-4-13(12-14)18-19(27)23-9-11-24(18)17(26)8-10-25-20(28)15-6-1-2-7-16(15)21(25)29/h1-7,12,18H,8-11H2,(H,23,27). The Bertz CT molecular complexity index is 987. The van der Waals surface area contributed by atoms with Crippen molar-refractivity contribution in [1.29, 1.82) is 0 Å². The van der Waals surface area contributed by atoms with Crippen molar-refractivity contribution in [2.24, 2.45) is 0 Å². The third-order valence-electron chi connectivity index (χ3n) is 5.12. The number of carbonyl (C=O) groups is 4. The number of amides is 4. The summed E-state index contributed by atoms with van der Waals surface area (Å²) in [5.41, 5.74) is 1.31. The number of benzene rings is 2. The molecule has 4 rings (SSSR count). The van der Waals surface area contributed by atoms with Gasteiger partial charge >= 0.3 is 0 Å². The van der Waals surface area contributed by atoms with Gasteiger partial charge in [0.25, 0.3) is 11.8 Å². The number of piperazine rings is 1. The number of halogens is 1. The number of hydrogen-bond acceptors (Lipinski definition) is 4. The summed E-state index contributed by atoms with van der Waals surface area (Å²) in [6, 6.07) is 12.6. The first-order valence-electron chi connectivity index (χ1n) is 9.25. The van der Waals surface area contributed by atoms with Crippen LogP contribution in [0.15, 0.2) is 48.5 Å². The van der Waals surface area contributed by atoms with Gasteiger partial charge in [0.05, 0.1) is 11.1 Å². The minimum atomic E-state index is -0.794. The lowest BCUT2D eigenvalue weighted by Crippen LogP contribution is -2.52. The van der Waals surface area contributed by atoms with Crippen LogP contribution in [0.2, 0.25) is 5.02 Å². The van der Waals surface area contributed by atoms with Crippen LogP contribution in [-0.2, 0) is 9.59 Å². The van der Waals surface area contributed by atoms with Gasteiger partial charge in [0.2, 0.25) is 11.8 Å². The Kier molecular flexibility index (Phi) is 5.07. The molecule has 0 spiro atoms.